The van der Waals surface area contributed by atoms with Crippen molar-refractivity contribution in [1.82, 2.24) is 15.3 Å². The predicted octanol–water partition coefficient (Wildman–Crippen LogP) is 1.02. The van der Waals surface area contributed by atoms with Gasteiger partial charge in [0.05, 0.1) is 6.20 Å². The Morgan fingerprint density at radius 2 is 2.50 bits per heavy atom. The SMILES string of the molecule is C[C@H]1CNCCN1c1nc2ccncc2o1. The molecule has 0 aromatic carbocycles. The van der Waals surface area contributed by atoms with Gasteiger partial charge in [0.2, 0.25) is 0 Å². The zero-order chi connectivity index (χ0) is 11.0. The fraction of sp³-hybridized carbons (Fsp3) is 0.455. The molecule has 16 heavy (non-hydrogen) atoms. The topological polar surface area (TPSA) is 54.2 Å². The first-order valence-electron chi connectivity index (χ1n) is 5.52. The summed E-state index contributed by atoms with van der Waals surface area (Å²) >= 11 is 0. The van der Waals surface area contributed by atoms with E-state index in [4.69, 9.17) is 4.42 Å². The Balaban J connectivity index is 1.98. The van der Waals surface area contributed by atoms with Crippen molar-refractivity contribution in [3.8, 4) is 0 Å². The molecule has 1 fully saturated rings. The fourth-order valence-electron chi connectivity index (χ4n) is 2.02. The normalized spacial score (nSPS) is 21.6. The van der Waals surface area contributed by atoms with Crippen LogP contribution in [0.3, 0.4) is 0 Å². The standard InChI is InChI=1S/C11H14N4O/c1-8-6-13-4-5-15(8)11-14-9-2-3-12-7-10(9)16-11/h2-3,7-8,13H,4-6H2,1H3/t8-/m0/s1. The van der Waals surface area contributed by atoms with E-state index in [1.165, 1.54) is 0 Å². The third kappa shape index (κ3) is 1.53. The highest BCUT2D eigenvalue weighted by Crippen LogP contribution is 2.22. The maximum absolute atomic E-state index is 5.70. The number of anilines is 1. The van der Waals surface area contributed by atoms with Gasteiger partial charge in [-0.25, -0.2) is 0 Å². The van der Waals surface area contributed by atoms with E-state index in [-0.39, 0.29) is 0 Å². The van der Waals surface area contributed by atoms with Gasteiger partial charge in [0, 0.05) is 31.9 Å². The van der Waals surface area contributed by atoms with Crippen molar-refractivity contribution in [2.75, 3.05) is 24.5 Å². The number of rotatable bonds is 1. The second kappa shape index (κ2) is 3.75. The molecule has 1 aliphatic heterocycles. The second-order valence-corrected chi connectivity index (χ2v) is 4.09. The van der Waals surface area contributed by atoms with Crippen LogP contribution in [0.25, 0.3) is 11.1 Å². The van der Waals surface area contributed by atoms with Crippen molar-refractivity contribution in [2.24, 2.45) is 0 Å². The lowest BCUT2D eigenvalue weighted by Gasteiger charge is -2.32. The summed E-state index contributed by atoms with van der Waals surface area (Å²) in [6, 6.07) is 2.99. The molecule has 0 radical (unpaired) electrons. The Morgan fingerprint density at radius 1 is 1.56 bits per heavy atom. The Hall–Kier alpha value is -1.62. The molecule has 0 spiro atoms. The lowest BCUT2D eigenvalue weighted by atomic mass is 10.2. The minimum absolute atomic E-state index is 0.412. The van der Waals surface area contributed by atoms with Crippen molar-refractivity contribution in [1.29, 1.82) is 0 Å². The van der Waals surface area contributed by atoms with E-state index in [1.807, 2.05) is 6.07 Å². The van der Waals surface area contributed by atoms with Gasteiger partial charge in [-0.15, -0.1) is 0 Å². The smallest absolute Gasteiger partial charge is 0.298 e. The maximum Gasteiger partial charge on any atom is 0.298 e. The van der Waals surface area contributed by atoms with Gasteiger partial charge in [0.15, 0.2) is 5.58 Å². The van der Waals surface area contributed by atoms with Crippen molar-refractivity contribution >= 4 is 17.1 Å². The average molecular weight is 218 g/mol. The molecular weight excluding hydrogens is 204 g/mol. The van der Waals surface area contributed by atoms with E-state index in [0.717, 1.165) is 30.7 Å². The Morgan fingerprint density at radius 3 is 3.31 bits per heavy atom. The van der Waals surface area contributed by atoms with Crippen LogP contribution < -0.4 is 10.2 Å². The molecule has 5 nitrogen and oxygen atoms in total. The summed E-state index contributed by atoms with van der Waals surface area (Å²) in [5, 5.41) is 3.34. The Labute approximate surface area is 93.5 Å². The molecule has 5 heteroatoms. The van der Waals surface area contributed by atoms with Crippen LogP contribution in [-0.4, -0.2) is 35.6 Å². The van der Waals surface area contributed by atoms with Crippen LogP contribution in [0.1, 0.15) is 6.92 Å². The van der Waals surface area contributed by atoms with E-state index in [9.17, 15) is 0 Å². The number of oxazole rings is 1. The number of nitrogens with one attached hydrogen (secondary N) is 1. The third-order valence-corrected chi connectivity index (χ3v) is 2.93. The maximum atomic E-state index is 5.70. The molecule has 0 aliphatic carbocycles. The van der Waals surface area contributed by atoms with Crippen LogP contribution in [-0.2, 0) is 0 Å². The molecule has 3 heterocycles. The molecule has 1 aliphatic rings. The average Bonchev–Trinajstić information content (AvgIpc) is 2.73. The molecule has 2 aromatic rings. The summed E-state index contributed by atoms with van der Waals surface area (Å²) in [7, 11) is 0. The Bertz CT molecular complexity index is 462. The summed E-state index contributed by atoms with van der Waals surface area (Å²) in [6.07, 6.45) is 3.44. The van der Waals surface area contributed by atoms with Gasteiger partial charge in [0.1, 0.15) is 5.52 Å². The molecule has 1 saturated heterocycles. The van der Waals surface area contributed by atoms with Gasteiger partial charge in [-0.3, -0.25) is 4.98 Å². The Kier molecular flexibility index (Phi) is 2.25. The number of hydrogen-bond acceptors (Lipinski definition) is 5. The molecule has 84 valence electrons. The van der Waals surface area contributed by atoms with Crippen LogP contribution in [0.2, 0.25) is 0 Å². The molecule has 2 aromatic heterocycles. The van der Waals surface area contributed by atoms with Crippen molar-refractivity contribution in [3.63, 3.8) is 0 Å². The summed E-state index contributed by atoms with van der Waals surface area (Å²) in [4.78, 5) is 10.7. The first-order valence-corrected chi connectivity index (χ1v) is 5.52. The molecular formula is C11H14N4O. The number of pyridine rings is 1. The van der Waals surface area contributed by atoms with E-state index in [0.29, 0.717) is 12.1 Å². The number of hydrogen-bond donors (Lipinski definition) is 1. The minimum atomic E-state index is 0.412. The first-order chi connectivity index (χ1) is 7.84. The van der Waals surface area contributed by atoms with Crippen LogP contribution in [0.5, 0.6) is 0 Å². The molecule has 0 saturated carbocycles. The lowest BCUT2D eigenvalue weighted by Crippen LogP contribution is -2.50. The highest BCUT2D eigenvalue weighted by Gasteiger charge is 2.22. The quantitative estimate of drug-likeness (QED) is 0.774. The molecule has 1 N–H and O–H groups in total. The molecule has 0 unspecified atom stereocenters. The lowest BCUT2D eigenvalue weighted by molar-refractivity contribution is 0.456. The van der Waals surface area contributed by atoms with Gasteiger partial charge in [-0.05, 0) is 13.0 Å². The third-order valence-electron chi connectivity index (χ3n) is 2.93. The van der Waals surface area contributed by atoms with E-state index < -0.39 is 0 Å². The van der Waals surface area contributed by atoms with Crippen LogP contribution in [0.4, 0.5) is 6.01 Å². The largest absolute Gasteiger partial charge is 0.422 e. The minimum Gasteiger partial charge on any atom is -0.422 e. The van der Waals surface area contributed by atoms with Gasteiger partial charge < -0.3 is 14.6 Å². The van der Waals surface area contributed by atoms with E-state index in [2.05, 4.69) is 27.1 Å². The first kappa shape index (κ1) is 9.59. The summed E-state index contributed by atoms with van der Waals surface area (Å²) in [5.41, 5.74) is 1.62. The highest BCUT2D eigenvalue weighted by atomic mass is 16.4. The van der Waals surface area contributed by atoms with Gasteiger partial charge in [-0.1, -0.05) is 0 Å². The molecule has 0 amide bonds. The van der Waals surface area contributed by atoms with Crippen molar-refractivity contribution in [2.45, 2.75) is 13.0 Å². The summed E-state index contributed by atoms with van der Waals surface area (Å²) in [6.45, 7) is 5.04. The molecule has 0 bridgehead atoms. The van der Waals surface area contributed by atoms with Gasteiger partial charge in [0.25, 0.3) is 6.01 Å². The number of nitrogens with zero attached hydrogens (tertiary/aromatic N) is 3. The van der Waals surface area contributed by atoms with Crippen LogP contribution in [0.15, 0.2) is 22.9 Å². The van der Waals surface area contributed by atoms with Gasteiger partial charge in [-0.2, -0.15) is 4.98 Å². The van der Waals surface area contributed by atoms with Crippen LogP contribution in [0, 0.1) is 0 Å². The second-order valence-electron chi connectivity index (χ2n) is 4.09. The zero-order valence-electron chi connectivity index (χ0n) is 9.18. The van der Waals surface area contributed by atoms with E-state index >= 15 is 0 Å². The highest BCUT2D eigenvalue weighted by molar-refractivity contribution is 5.73. The van der Waals surface area contributed by atoms with Crippen LogP contribution >= 0.6 is 0 Å². The summed E-state index contributed by atoms with van der Waals surface area (Å²) in [5.74, 6) is 0. The molecule has 3 rings (SSSR count). The van der Waals surface area contributed by atoms with Crippen molar-refractivity contribution in [3.05, 3.63) is 18.5 Å². The monoisotopic (exact) mass is 218 g/mol. The number of fused-ring (bicyclic) bond motifs is 1. The van der Waals surface area contributed by atoms with E-state index in [1.54, 1.807) is 12.4 Å². The van der Waals surface area contributed by atoms with Crippen molar-refractivity contribution < 1.29 is 4.42 Å². The molecule has 1 atom stereocenters. The predicted molar refractivity (Wildman–Crippen MR) is 61.5 cm³/mol. The zero-order valence-corrected chi connectivity index (χ0v) is 9.18. The number of aromatic nitrogens is 2. The number of piperazine rings is 1. The summed E-state index contributed by atoms with van der Waals surface area (Å²) < 4.78 is 5.70. The van der Waals surface area contributed by atoms with Gasteiger partial charge >= 0.3 is 0 Å². The fourth-order valence-corrected chi connectivity index (χ4v) is 2.02.